The highest BCUT2D eigenvalue weighted by atomic mass is 19.1. The first kappa shape index (κ1) is 9.40. The maximum absolute atomic E-state index is 13.1. The summed E-state index contributed by atoms with van der Waals surface area (Å²) >= 11 is 0. The number of hydrogen-bond donors (Lipinski definition) is 1. The zero-order chi connectivity index (χ0) is 9.97. The zero-order valence-electron chi connectivity index (χ0n) is 7.59. The molecule has 4 heteroatoms. The summed E-state index contributed by atoms with van der Waals surface area (Å²) in [6, 6.07) is 3.23. The molecule has 0 bridgehead atoms. The first-order chi connectivity index (χ1) is 6.75. The van der Waals surface area contributed by atoms with Crippen LogP contribution in [0.5, 0.6) is 5.75 Å². The van der Waals surface area contributed by atoms with Crippen LogP contribution in [0.15, 0.2) is 18.2 Å². The van der Waals surface area contributed by atoms with Gasteiger partial charge in [-0.2, -0.15) is 0 Å². The van der Waals surface area contributed by atoms with Gasteiger partial charge in [-0.25, -0.2) is 8.78 Å². The summed E-state index contributed by atoms with van der Waals surface area (Å²) < 4.78 is 31.2. The van der Waals surface area contributed by atoms with Crippen LogP contribution in [0.25, 0.3) is 0 Å². The molecule has 0 aliphatic carbocycles. The predicted molar refractivity (Wildman–Crippen MR) is 48.3 cm³/mol. The summed E-state index contributed by atoms with van der Waals surface area (Å²) in [4.78, 5) is 0. The van der Waals surface area contributed by atoms with Crippen LogP contribution < -0.4 is 10.1 Å². The molecule has 76 valence electrons. The number of hydrogen-bond acceptors (Lipinski definition) is 2. The Morgan fingerprint density at radius 2 is 2.21 bits per heavy atom. The minimum Gasteiger partial charge on any atom is -0.486 e. The van der Waals surface area contributed by atoms with Crippen molar-refractivity contribution in [1.29, 1.82) is 0 Å². The van der Waals surface area contributed by atoms with Crippen LogP contribution >= 0.6 is 0 Å². The average Bonchev–Trinajstić information content (AvgIpc) is 2.64. The van der Waals surface area contributed by atoms with Gasteiger partial charge in [-0.15, -0.1) is 0 Å². The SMILES string of the molecule is Fc1ccc(F)c(O[C@@H]2CCNC2)c1. The molecule has 1 aromatic rings. The van der Waals surface area contributed by atoms with Gasteiger partial charge in [-0.3, -0.25) is 0 Å². The van der Waals surface area contributed by atoms with Crippen LogP contribution in [-0.2, 0) is 0 Å². The maximum atomic E-state index is 13.1. The summed E-state index contributed by atoms with van der Waals surface area (Å²) in [5.41, 5.74) is 0. The molecule has 0 aromatic heterocycles. The number of benzene rings is 1. The molecule has 0 amide bonds. The average molecular weight is 199 g/mol. The topological polar surface area (TPSA) is 21.3 Å². The van der Waals surface area contributed by atoms with Crippen LogP contribution in [0.1, 0.15) is 6.42 Å². The van der Waals surface area contributed by atoms with Gasteiger partial charge in [0.25, 0.3) is 0 Å². The van der Waals surface area contributed by atoms with E-state index in [-0.39, 0.29) is 11.9 Å². The molecule has 0 radical (unpaired) electrons. The number of rotatable bonds is 2. The normalized spacial score (nSPS) is 21.1. The van der Waals surface area contributed by atoms with Crippen molar-refractivity contribution in [1.82, 2.24) is 5.32 Å². The van der Waals surface area contributed by atoms with Gasteiger partial charge in [0.15, 0.2) is 11.6 Å². The molecule has 1 aromatic carbocycles. The van der Waals surface area contributed by atoms with Crippen molar-refractivity contribution in [2.24, 2.45) is 0 Å². The molecule has 1 aliphatic heterocycles. The molecule has 0 unspecified atom stereocenters. The van der Waals surface area contributed by atoms with Gasteiger partial charge < -0.3 is 10.1 Å². The minimum absolute atomic E-state index is 0.00120. The van der Waals surface area contributed by atoms with Gasteiger partial charge in [-0.1, -0.05) is 0 Å². The Labute approximate surface area is 80.9 Å². The van der Waals surface area contributed by atoms with Gasteiger partial charge in [-0.05, 0) is 25.1 Å². The lowest BCUT2D eigenvalue weighted by Crippen LogP contribution is -2.20. The van der Waals surface area contributed by atoms with E-state index in [1.54, 1.807) is 0 Å². The standard InChI is InChI=1S/C10H11F2NO/c11-7-1-2-9(12)10(5-7)14-8-3-4-13-6-8/h1-2,5,8,13H,3-4,6H2/t8-/m1/s1. The van der Waals surface area contributed by atoms with Crippen molar-refractivity contribution in [3.05, 3.63) is 29.8 Å². The maximum Gasteiger partial charge on any atom is 0.165 e. The first-order valence-corrected chi connectivity index (χ1v) is 4.58. The lowest BCUT2D eigenvalue weighted by atomic mass is 10.3. The van der Waals surface area contributed by atoms with Gasteiger partial charge in [0.2, 0.25) is 0 Å². The van der Waals surface area contributed by atoms with E-state index < -0.39 is 11.6 Å². The van der Waals surface area contributed by atoms with Crippen LogP contribution in [0.2, 0.25) is 0 Å². The van der Waals surface area contributed by atoms with E-state index in [1.807, 2.05) is 0 Å². The third-order valence-corrected chi connectivity index (χ3v) is 2.20. The molecule has 14 heavy (non-hydrogen) atoms. The molecule has 1 N–H and O–H groups in total. The van der Waals surface area contributed by atoms with E-state index in [4.69, 9.17) is 4.74 Å². The van der Waals surface area contributed by atoms with Crippen molar-refractivity contribution < 1.29 is 13.5 Å². The minimum atomic E-state index is -0.515. The molecule has 1 heterocycles. The highest BCUT2D eigenvalue weighted by molar-refractivity contribution is 5.25. The van der Waals surface area contributed by atoms with E-state index in [0.29, 0.717) is 6.54 Å². The molecule has 2 rings (SSSR count). The molecule has 2 nitrogen and oxygen atoms in total. The Kier molecular flexibility index (Phi) is 2.63. The van der Waals surface area contributed by atoms with Crippen molar-refractivity contribution in [2.75, 3.05) is 13.1 Å². The van der Waals surface area contributed by atoms with E-state index in [2.05, 4.69) is 5.32 Å². The molecule has 1 atom stereocenters. The second kappa shape index (κ2) is 3.92. The second-order valence-corrected chi connectivity index (χ2v) is 3.31. The first-order valence-electron chi connectivity index (χ1n) is 4.58. The summed E-state index contributed by atoms with van der Waals surface area (Å²) in [6.45, 7) is 1.55. The van der Waals surface area contributed by atoms with E-state index in [1.165, 1.54) is 0 Å². The predicted octanol–water partition coefficient (Wildman–Crippen LogP) is 1.71. The van der Waals surface area contributed by atoms with E-state index in [0.717, 1.165) is 31.2 Å². The highest BCUT2D eigenvalue weighted by Crippen LogP contribution is 2.20. The Morgan fingerprint density at radius 3 is 2.93 bits per heavy atom. The Morgan fingerprint density at radius 1 is 1.36 bits per heavy atom. The summed E-state index contributed by atoms with van der Waals surface area (Å²) in [7, 11) is 0. The van der Waals surface area contributed by atoms with Crippen molar-refractivity contribution in [2.45, 2.75) is 12.5 Å². The largest absolute Gasteiger partial charge is 0.486 e. The Balaban J connectivity index is 2.10. The number of halogens is 2. The van der Waals surface area contributed by atoms with Gasteiger partial charge in [0, 0.05) is 12.6 Å². The van der Waals surface area contributed by atoms with Crippen LogP contribution in [0, 0.1) is 11.6 Å². The molecule has 0 spiro atoms. The van der Waals surface area contributed by atoms with Gasteiger partial charge >= 0.3 is 0 Å². The molecular formula is C10H11F2NO. The van der Waals surface area contributed by atoms with E-state index in [9.17, 15) is 8.78 Å². The lowest BCUT2D eigenvalue weighted by Gasteiger charge is -2.12. The summed E-state index contributed by atoms with van der Waals surface area (Å²) in [6.07, 6.45) is 0.780. The van der Waals surface area contributed by atoms with Gasteiger partial charge in [0.05, 0.1) is 0 Å². The third-order valence-electron chi connectivity index (χ3n) is 2.20. The van der Waals surface area contributed by atoms with Crippen LogP contribution in [0.3, 0.4) is 0 Å². The third kappa shape index (κ3) is 2.01. The number of nitrogens with one attached hydrogen (secondary N) is 1. The lowest BCUT2D eigenvalue weighted by molar-refractivity contribution is 0.212. The monoisotopic (exact) mass is 199 g/mol. The molecule has 1 aliphatic rings. The Bertz CT molecular complexity index is 324. The molecule has 0 saturated carbocycles. The van der Waals surface area contributed by atoms with Gasteiger partial charge in [0.1, 0.15) is 11.9 Å². The smallest absolute Gasteiger partial charge is 0.165 e. The molecular weight excluding hydrogens is 188 g/mol. The Hall–Kier alpha value is -1.16. The quantitative estimate of drug-likeness (QED) is 0.782. The fourth-order valence-electron chi connectivity index (χ4n) is 1.48. The van der Waals surface area contributed by atoms with Crippen LogP contribution in [-0.4, -0.2) is 19.2 Å². The number of ether oxygens (including phenoxy) is 1. The fraction of sp³-hybridized carbons (Fsp3) is 0.400. The fourth-order valence-corrected chi connectivity index (χ4v) is 1.48. The van der Waals surface area contributed by atoms with Crippen molar-refractivity contribution >= 4 is 0 Å². The highest BCUT2D eigenvalue weighted by Gasteiger charge is 2.17. The van der Waals surface area contributed by atoms with Crippen LogP contribution in [0.4, 0.5) is 8.78 Å². The zero-order valence-corrected chi connectivity index (χ0v) is 7.59. The summed E-state index contributed by atoms with van der Waals surface area (Å²) in [5, 5.41) is 3.09. The summed E-state index contributed by atoms with van der Waals surface area (Å²) in [5.74, 6) is -0.996. The van der Waals surface area contributed by atoms with E-state index >= 15 is 0 Å². The molecule has 1 fully saturated rings. The second-order valence-electron chi connectivity index (χ2n) is 3.31. The van der Waals surface area contributed by atoms with Crippen molar-refractivity contribution in [3.63, 3.8) is 0 Å². The molecule has 1 saturated heterocycles. The van der Waals surface area contributed by atoms with Crippen molar-refractivity contribution in [3.8, 4) is 5.75 Å².